The number of benzene rings is 1. The first-order valence-electron chi connectivity index (χ1n) is 11.7. The monoisotopic (exact) mass is 532 g/mol. The first-order valence-corrected chi connectivity index (χ1v) is 11.7. The molecule has 15 heteroatoms. The maximum atomic E-state index is 12.9. The lowest BCUT2D eigenvalue weighted by Gasteiger charge is -2.23. The fourth-order valence-electron chi connectivity index (χ4n) is 3.62. The number of nitrogens with zero attached hydrogens (tertiary/aromatic N) is 1. The molecule has 0 spiro atoms. The van der Waals surface area contributed by atoms with E-state index < -0.39 is 60.8 Å². The van der Waals surface area contributed by atoms with Crippen LogP contribution in [0.3, 0.4) is 0 Å². The Morgan fingerprint density at radius 2 is 1.63 bits per heavy atom. The number of H-pyrrole nitrogens is 1. The predicted molar refractivity (Wildman–Crippen MR) is 137 cm³/mol. The van der Waals surface area contributed by atoms with Gasteiger partial charge in [0.2, 0.25) is 17.7 Å². The highest BCUT2D eigenvalue weighted by atomic mass is 16.4. The molecule has 15 nitrogen and oxygen atoms in total. The summed E-state index contributed by atoms with van der Waals surface area (Å²) in [5.74, 6) is -5.40. The number of aliphatic carboxylic acids is 2. The van der Waals surface area contributed by atoms with Gasteiger partial charge in [-0.3, -0.25) is 29.0 Å². The number of nitrogens with one attached hydrogen (secondary N) is 4. The number of hydrogen-bond acceptors (Lipinski definition) is 7. The van der Waals surface area contributed by atoms with Gasteiger partial charge in [0.25, 0.3) is 0 Å². The van der Waals surface area contributed by atoms with E-state index in [9.17, 15) is 29.1 Å². The second kappa shape index (κ2) is 14.2. The second-order valence-electron chi connectivity index (χ2n) is 8.45. The van der Waals surface area contributed by atoms with Gasteiger partial charge in [-0.2, -0.15) is 0 Å². The Hall–Kier alpha value is -4.66. The van der Waals surface area contributed by atoms with Crippen molar-refractivity contribution in [2.75, 3.05) is 13.1 Å². The molecule has 1 aromatic heterocycles. The Labute approximate surface area is 217 Å². The lowest BCUT2D eigenvalue weighted by molar-refractivity contribution is -0.141. The van der Waals surface area contributed by atoms with Crippen molar-refractivity contribution < 1.29 is 34.2 Å². The Kier molecular flexibility index (Phi) is 11.0. The van der Waals surface area contributed by atoms with Gasteiger partial charge in [-0.15, -0.1) is 0 Å². The van der Waals surface area contributed by atoms with Gasteiger partial charge in [-0.1, -0.05) is 18.2 Å². The fourth-order valence-corrected chi connectivity index (χ4v) is 3.62. The SMILES string of the molecule is NC(N)=NCCCC(NC(=O)C(CC(=O)O)NC(=O)C(N)Cc1c[nH]c2ccccc12)C(=O)NCC(=O)O. The molecule has 12 N–H and O–H groups in total. The summed E-state index contributed by atoms with van der Waals surface area (Å²) in [5.41, 5.74) is 18.2. The van der Waals surface area contributed by atoms with Crippen LogP contribution in [0.5, 0.6) is 0 Å². The van der Waals surface area contributed by atoms with Crippen molar-refractivity contribution in [1.82, 2.24) is 20.9 Å². The van der Waals surface area contributed by atoms with Crippen LogP contribution in [0, 0.1) is 0 Å². The molecule has 3 unspecified atom stereocenters. The number of carbonyl (C=O) groups excluding carboxylic acids is 3. The maximum Gasteiger partial charge on any atom is 0.322 e. The molecule has 206 valence electrons. The number of carboxylic acid groups (broad SMARTS) is 2. The van der Waals surface area contributed by atoms with Gasteiger partial charge in [0.05, 0.1) is 12.5 Å². The van der Waals surface area contributed by atoms with Crippen LogP contribution in [0.25, 0.3) is 10.9 Å². The minimum atomic E-state index is -1.55. The number of fused-ring (bicyclic) bond motifs is 1. The topological polar surface area (TPSA) is 268 Å². The summed E-state index contributed by atoms with van der Waals surface area (Å²) in [7, 11) is 0. The number of hydrogen-bond donors (Lipinski definition) is 9. The van der Waals surface area contributed by atoms with Crippen LogP contribution >= 0.6 is 0 Å². The number of aliphatic imine (C=N–C) groups is 1. The van der Waals surface area contributed by atoms with Crippen LogP contribution in [0.4, 0.5) is 0 Å². The highest BCUT2D eigenvalue weighted by Crippen LogP contribution is 2.18. The van der Waals surface area contributed by atoms with Gasteiger partial charge in [0.1, 0.15) is 18.6 Å². The minimum absolute atomic E-state index is 0.00177. The van der Waals surface area contributed by atoms with Crippen molar-refractivity contribution in [3.8, 4) is 0 Å². The quantitative estimate of drug-likeness (QED) is 0.0674. The second-order valence-corrected chi connectivity index (χ2v) is 8.45. The van der Waals surface area contributed by atoms with E-state index in [-0.39, 0.29) is 31.8 Å². The molecule has 2 aromatic rings. The molecule has 0 aliphatic rings. The number of nitrogens with two attached hydrogens (primary N) is 3. The van der Waals surface area contributed by atoms with Crippen LogP contribution in [0.2, 0.25) is 0 Å². The number of rotatable bonds is 15. The number of aromatic amines is 1. The molecule has 0 fully saturated rings. The first kappa shape index (κ1) is 29.6. The molecule has 3 atom stereocenters. The number of aromatic nitrogens is 1. The Morgan fingerprint density at radius 3 is 2.29 bits per heavy atom. The number of guanidine groups is 1. The molecular weight excluding hydrogens is 500 g/mol. The highest BCUT2D eigenvalue weighted by Gasteiger charge is 2.30. The lowest BCUT2D eigenvalue weighted by Crippen LogP contribution is -2.56. The van der Waals surface area contributed by atoms with E-state index in [4.69, 9.17) is 22.3 Å². The number of carboxylic acids is 2. The molecule has 0 aliphatic heterocycles. The number of amides is 3. The number of carbonyl (C=O) groups is 5. The molecule has 0 aliphatic carbocycles. The van der Waals surface area contributed by atoms with Crippen molar-refractivity contribution >= 4 is 46.5 Å². The van der Waals surface area contributed by atoms with Crippen LogP contribution < -0.4 is 33.2 Å². The normalized spacial score (nSPS) is 13.1. The van der Waals surface area contributed by atoms with Gasteiger partial charge < -0.3 is 48.3 Å². The first-order chi connectivity index (χ1) is 18.0. The zero-order valence-electron chi connectivity index (χ0n) is 20.5. The van der Waals surface area contributed by atoms with Crippen molar-refractivity contribution in [3.63, 3.8) is 0 Å². The lowest BCUT2D eigenvalue weighted by atomic mass is 10.0. The summed E-state index contributed by atoms with van der Waals surface area (Å²) in [4.78, 5) is 67.2. The standard InChI is InChI=1S/C23H32N8O7/c24-14(8-12-10-28-15-5-2-1-4-13(12)15)20(36)31-17(9-18(32)33)22(38)30-16(6-3-7-27-23(25)26)21(37)29-11-19(34)35/h1-2,4-5,10,14,16-17,28H,3,6-9,11,24H2,(H,29,37)(H,30,38)(H,31,36)(H,32,33)(H,34,35)(H4,25,26,27). The van der Waals surface area contributed by atoms with Crippen molar-refractivity contribution in [2.24, 2.45) is 22.2 Å². The minimum Gasteiger partial charge on any atom is -0.481 e. The van der Waals surface area contributed by atoms with Crippen LogP contribution in [0.15, 0.2) is 35.5 Å². The van der Waals surface area contributed by atoms with Gasteiger partial charge in [-0.05, 0) is 30.9 Å². The molecule has 0 saturated carbocycles. The average molecular weight is 533 g/mol. The summed E-state index contributed by atoms with van der Waals surface area (Å²) in [6, 6.07) is 3.49. The number of para-hydroxylation sites is 1. The van der Waals surface area contributed by atoms with E-state index in [0.29, 0.717) is 0 Å². The van der Waals surface area contributed by atoms with E-state index in [2.05, 4.69) is 25.9 Å². The molecule has 0 bridgehead atoms. The third-order valence-corrected chi connectivity index (χ3v) is 5.46. The molecule has 2 rings (SSSR count). The molecule has 0 radical (unpaired) electrons. The highest BCUT2D eigenvalue weighted by molar-refractivity contribution is 5.95. The summed E-state index contributed by atoms with van der Waals surface area (Å²) in [6.45, 7) is -0.573. The Morgan fingerprint density at radius 1 is 0.947 bits per heavy atom. The molecule has 3 amide bonds. The van der Waals surface area contributed by atoms with Crippen molar-refractivity contribution in [1.29, 1.82) is 0 Å². The molecule has 1 heterocycles. The third-order valence-electron chi connectivity index (χ3n) is 5.46. The van der Waals surface area contributed by atoms with Gasteiger partial charge in [0.15, 0.2) is 5.96 Å². The Bertz CT molecular complexity index is 1190. The summed E-state index contributed by atoms with van der Waals surface area (Å²) >= 11 is 0. The smallest absolute Gasteiger partial charge is 0.322 e. The van der Waals surface area contributed by atoms with Gasteiger partial charge in [0, 0.05) is 23.6 Å². The Balaban J connectivity index is 2.09. The molecule has 38 heavy (non-hydrogen) atoms. The largest absolute Gasteiger partial charge is 0.481 e. The van der Waals surface area contributed by atoms with Crippen LogP contribution in [0.1, 0.15) is 24.8 Å². The van der Waals surface area contributed by atoms with E-state index in [1.54, 1.807) is 6.20 Å². The fraction of sp³-hybridized carbons (Fsp3) is 0.391. The van der Waals surface area contributed by atoms with Crippen LogP contribution in [-0.4, -0.2) is 82.0 Å². The zero-order valence-corrected chi connectivity index (χ0v) is 20.5. The van der Waals surface area contributed by atoms with E-state index in [1.807, 2.05) is 24.3 Å². The van der Waals surface area contributed by atoms with E-state index in [0.717, 1.165) is 16.5 Å². The third kappa shape index (κ3) is 9.42. The molecule has 1 aromatic carbocycles. The summed E-state index contributed by atoms with van der Waals surface area (Å²) in [5, 5.41) is 25.8. The van der Waals surface area contributed by atoms with Crippen LogP contribution in [-0.2, 0) is 30.4 Å². The van der Waals surface area contributed by atoms with Gasteiger partial charge in [-0.25, -0.2) is 0 Å². The van der Waals surface area contributed by atoms with E-state index in [1.165, 1.54) is 0 Å². The maximum absolute atomic E-state index is 12.9. The van der Waals surface area contributed by atoms with Gasteiger partial charge >= 0.3 is 11.9 Å². The average Bonchev–Trinajstić information content (AvgIpc) is 3.26. The summed E-state index contributed by atoms with van der Waals surface area (Å²) in [6.07, 6.45) is 1.27. The summed E-state index contributed by atoms with van der Waals surface area (Å²) < 4.78 is 0. The molecular formula is C23H32N8O7. The van der Waals surface area contributed by atoms with Crippen molar-refractivity contribution in [2.45, 2.75) is 43.8 Å². The molecule has 0 saturated heterocycles. The predicted octanol–water partition coefficient (Wildman–Crippen LogP) is -2.26. The zero-order chi connectivity index (χ0) is 28.2. The van der Waals surface area contributed by atoms with E-state index >= 15 is 0 Å². The van der Waals surface area contributed by atoms with Crippen molar-refractivity contribution in [3.05, 3.63) is 36.0 Å².